The molecule has 0 fully saturated rings. The molecule has 6 heteroatoms. The minimum atomic E-state index is -0.560. The largest absolute Gasteiger partial charge is 0.492 e. The number of nitrogens with one attached hydrogen (secondary N) is 2. The zero-order valence-corrected chi connectivity index (χ0v) is 11.6. The van der Waals surface area contributed by atoms with Gasteiger partial charge in [-0.3, -0.25) is 4.79 Å². The molecule has 0 radical (unpaired) electrons. The molecule has 1 aromatic carbocycles. The smallest absolute Gasteiger partial charge is 0.216 e. The number of benzene rings is 1. The first-order valence-electron chi connectivity index (χ1n) is 6.07. The van der Waals surface area contributed by atoms with E-state index in [0.29, 0.717) is 19.7 Å². The van der Waals surface area contributed by atoms with Crippen LogP contribution in [-0.4, -0.2) is 42.7 Å². The van der Waals surface area contributed by atoms with Crippen LogP contribution in [0.1, 0.15) is 6.92 Å². The number of halogens is 1. The summed E-state index contributed by atoms with van der Waals surface area (Å²) in [5.74, 6) is 0.868. The van der Waals surface area contributed by atoms with E-state index in [-0.39, 0.29) is 11.8 Å². The average molecular weight is 287 g/mol. The van der Waals surface area contributed by atoms with Crippen LogP contribution < -0.4 is 15.4 Å². The Bertz CT molecular complexity index is 384. The Morgan fingerprint density at radius 3 is 2.68 bits per heavy atom. The Labute approximate surface area is 117 Å². The molecule has 0 spiro atoms. The second-order valence-electron chi connectivity index (χ2n) is 4.04. The van der Waals surface area contributed by atoms with Gasteiger partial charge in [0.2, 0.25) is 5.91 Å². The molecule has 1 atom stereocenters. The van der Waals surface area contributed by atoms with Gasteiger partial charge in [-0.1, -0.05) is 0 Å². The number of ether oxygens (including phenoxy) is 1. The summed E-state index contributed by atoms with van der Waals surface area (Å²) in [6.07, 6.45) is -0.560. The zero-order chi connectivity index (χ0) is 14.1. The summed E-state index contributed by atoms with van der Waals surface area (Å²) in [5.41, 5.74) is 0.887. The zero-order valence-electron chi connectivity index (χ0n) is 10.9. The van der Waals surface area contributed by atoms with Gasteiger partial charge < -0.3 is 20.5 Å². The molecule has 0 heterocycles. The van der Waals surface area contributed by atoms with Crippen LogP contribution in [0.5, 0.6) is 5.75 Å². The van der Waals surface area contributed by atoms with Crippen molar-refractivity contribution in [3.63, 3.8) is 0 Å². The van der Waals surface area contributed by atoms with Gasteiger partial charge in [-0.25, -0.2) is 0 Å². The van der Waals surface area contributed by atoms with Crippen LogP contribution in [0.4, 0.5) is 5.69 Å². The quantitative estimate of drug-likeness (QED) is 0.496. The minimum Gasteiger partial charge on any atom is -0.492 e. The molecule has 1 rings (SSSR count). The normalized spacial score (nSPS) is 11.7. The van der Waals surface area contributed by atoms with Crippen molar-refractivity contribution in [1.29, 1.82) is 0 Å². The maximum Gasteiger partial charge on any atom is 0.216 e. The molecule has 19 heavy (non-hydrogen) atoms. The lowest BCUT2D eigenvalue weighted by Gasteiger charge is -2.11. The van der Waals surface area contributed by atoms with Crippen molar-refractivity contribution >= 4 is 23.2 Å². The number of rotatable bonds is 8. The second kappa shape index (κ2) is 8.61. The molecule has 0 bridgehead atoms. The number of anilines is 1. The monoisotopic (exact) mass is 286 g/mol. The summed E-state index contributed by atoms with van der Waals surface area (Å²) in [6.45, 7) is 2.79. The number of carbonyl (C=O) groups excluding carboxylic acids is 1. The molecule has 0 aliphatic carbocycles. The summed E-state index contributed by atoms with van der Waals surface area (Å²) in [7, 11) is 0. The van der Waals surface area contributed by atoms with Gasteiger partial charge in [0.1, 0.15) is 12.4 Å². The van der Waals surface area contributed by atoms with E-state index in [1.807, 2.05) is 24.3 Å². The topological polar surface area (TPSA) is 70.6 Å². The number of aliphatic hydroxyl groups excluding tert-OH is 1. The highest BCUT2D eigenvalue weighted by Gasteiger charge is 2.01. The number of hydrogen-bond acceptors (Lipinski definition) is 4. The van der Waals surface area contributed by atoms with Crippen molar-refractivity contribution in [3.8, 4) is 5.75 Å². The van der Waals surface area contributed by atoms with Crippen LogP contribution >= 0.6 is 11.6 Å². The van der Waals surface area contributed by atoms with E-state index < -0.39 is 6.10 Å². The summed E-state index contributed by atoms with van der Waals surface area (Å²) >= 11 is 5.50. The summed E-state index contributed by atoms with van der Waals surface area (Å²) < 4.78 is 5.45. The highest BCUT2D eigenvalue weighted by molar-refractivity contribution is 6.18. The lowest BCUT2D eigenvalue weighted by molar-refractivity contribution is -0.119. The Morgan fingerprint density at radius 2 is 2.11 bits per heavy atom. The van der Waals surface area contributed by atoms with Gasteiger partial charge in [0.15, 0.2) is 0 Å². The fourth-order valence-corrected chi connectivity index (χ4v) is 1.46. The second-order valence-corrected chi connectivity index (χ2v) is 4.35. The van der Waals surface area contributed by atoms with Crippen LogP contribution in [0.3, 0.4) is 0 Å². The van der Waals surface area contributed by atoms with Crippen molar-refractivity contribution < 1.29 is 14.6 Å². The van der Waals surface area contributed by atoms with E-state index >= 15 is 0 Å². The Kier molecular flexibility index (Phi) is 7.07. The van der Waals surface area contributed by atoms with Gasteiger partial charge in [0, 0.05) is 19.2 Å². The third-order valence-electron chi connectivity index (χ3n) is 2.32. The number of amides is 1. The molecule has 1 aromatic rings. The van der Waals surface area contributed by atoms with Gasteiger partial charge in [0.05, 0.1) is 18.5 Å². The van der Waals surface area contributed by atoms with Crippen molar-refractivity contribution in [3.05, 3.63) is 24.3 Å². The number of hydrogen-bond donors (Lipinski definition) is 3. The summed E-state index contributed by atoms with van der Waals surface area (Å²) in [6, 6.07) is 7.36. The average Bonchev–Trinajstić information content (AvgIpc) is 2.42. The van der Waals surface area contributed by atoms with Crippen molar-refractivity contribution in [1.82, 2.24) is 5.32 Å². The van der Waals surface area contributed by atoms with Crippen LogP contribution in [0, 0.1) is 0 Å². The van der Waals surface area contributed by atoms with Gasteiger partial charge in [-0.15, -0.1) is 11.6 Å². The number of carbonyl (C=O) groups is 1. The maximum atomic E-state index is 10.6. The molecule has 0 saturated carbocycles. The van der Waals surface area contributed by atoms with Crippen LogP contribution in [-0.2, 0) is 4.79 Å². The molecule has 0 aliphatic heterocycles. The summed E-state index contributed by atoms with van der Waals surface area (Å²) in [4.78, 5) is 10.6. The van der Waals surface area contributed by atoms with E-state index in [9.17, 15) is 9.90 Å². The fraction of sp³-hybridized carbons (Fsp3) is 0.462. The van der Waals surface area contributed by atoms with E-state index in [4.69, 9.17) is 16.3 Å². The molecule has 1 unspecified atom stereocenters. The molecule has 106 valence electrons. The molecule has 0 aromatic heterocycles. The lowest BCUT2D eigenvalue weighted by atomic mass is 10.3. The van der Waals surface area contributed by atoms with Gasteiger partial charge in [-0.2, -0.15) is 0 Å². The highest BCUT2D eigenvalue weighted by Crippen LogP contribution is 2.15. The Balaban J connectivity index is 2.29. The van der Waals surface area contributed by atoms with Gasteiger partial charge in [-0.05, 0) is 24.3 Å². The predicted octanol–water partition coefficient (Wildman–Crippen LogP) is 1.21. The van der Waals surface area contributed by atoms with Crippen molar-refractivity contribution in [2.75, 3.05) is 30.9 Å². The standard InChI is InChI=1S/C13H19ClN2O3/c1-10(17)15-6-7-19-13-4-2-11(3-5-13)16-9-12(18)8-14/h2-5,12,16,18H,6-9H2,1H3,(H,15,17). The van der Waals surface area contributed by atoms with Crippen molar-refractivity contribution in [2.45, 2.75) is 13.0 Å². The van der Waals surface area contributed by atoms with Gasteiger partial charge >= 0.3 is 0 Å². The predicted molar refractivity (Wildman–Crippen MR) is 75.8 cm³/mol. The molecule has 3 N–H and O–H groups in total. The Morgan fingerprint density at radius 1 is 1.42 bits per heavy atom. The fourth-order valence-electron chi connectivity index (χ4n) is 1.36. The third-order valence-corrected chi connectivity index (χ3v) is 2.68. The SMILES string of the molecule is CC(=O)NCCOc1ccc(NCC(O)CCl)cc1. The lowest BCUT2D eigenvalue weighted by Crippen LogP contribution is -2.25. The first kappa shape index (κ1) is 15.6. The molecule has 0 saturated heterocycles. The third kappa shape index (κ3) is 6.88. The van der Waals surface area contributed by atoms with Crippen LogP contribution in [0.15, 0.2) is 24.3 Å². The van der Waals surface area contributed by atoms with Crippen LogP contribution in [0.25, 0.3) is 0 Å². The van der Waals surface area contributed by atoms with Gasteiger partial charge in [0.25, 0.3) is 0 Å². The maximum absolute atomic E-state index is 10.6. The van der Waals surface area contributed by atoms with E-state index in [2.05, 4.69) is 10.6 Å². The molecular weight excluding hydrogens is 268 g/mol. The molecule has 1 amide bonds. The molecule has 0 aliphatic rings. The highest BCUT2D eigenvalue weighted by atomic mass is 35.5. The Hall–Kier alpha value is -1.46. The number of alkyl halides is 1. The summed E-state index contributed by atoms with van der Waals surface area (Å²) in [5, 5.41) is 15.0. The van der Waals surface area contributed by atoms with Crippen molar-refractivity contribution in [2.24, 2.45) is 0 Å². The van der Waals surface area contributed by atoms with E-state index in [1.165, 1.54) is 6.92 Å². The van der Waals surface area contributed by atoms with Crippen LogP contribution in [0.2, 0.25) is 0 Å². The molecule has 5 nitrogen and oxygen atoms in total. The molecular formula is C13H19ClN2O3. The van der Waals surface area contributed by atoms with E-state index in [1.54, 1.807) is 0 Å². The minimum absolute atomic E-state index is 0.0685. The number of aliphatic hydroxyl groups is 1. The first-order chi connectivity index (χ1) is 9.11. The first-order valence-corrected chi connectivity index (χ1v) is 6.60. The van der Waals surface area contributed by atoms with E-state index in [0.717, 1.165) is 11.4 Å².